The molecule has 0 amide bonds. The first kappa shape index (κ1) is 15.3. The SMILES string of the molecule is CN(C)c1ccc(-c2ccnc3c(C(F)(F)F)cccc23)cc1. The Bertz CT molecular complexity index is 837. The highest BCUT2D eigenvalue weighted by Crippen LogP contribution is 2.37. The number of alkyl halides is 3. The lowest BCUT2D eigenvalue weighted by atomic mass is 9.99. The molecule has 0 N–H and O–H groups in total. The fourth-order valence-electron chi connectivity index (χ4n) is 2.60. The van der Waals surface area contributed by atoms with Crippen LogP contribution in [0.2, 0.25) is 0 Å². The normalized spacial score (nSPS) is 11.7. The van der Waals surface area contributed by atoms with Crippen molar-refractivity contribution in [3.63, 3.8) is 0 Å². The quantitative estimate of drug-likeness (QED) is 0.662. The fraction of sp³-hybridized carbons (Fsp3) is 0.167. The van der Waals surface area contributed by atoms with Crippen LogP contribution in [0.5, 0.6) is 0 Å². The van der Waals surface area contributed by atoms with Gasteiger partial charge in [-0.15, -0.1) is 0 Å². The Hall–Kier alpha value is -2.56. The molecule has 5 heteroatoms. The maximum Gasteiger partial charge on any atom is 0.418 e. The number of aromatic nitrogens is 1. The highest BCUT2D eigenvalue weighted by Gasteiger charge is 2.33. The number of hydrogen-bond acceptors (Lipinski definition) is 2. The molecular weight excluding hydrogens is 301 g/mol. The molecule has 2 aromatic carbocycles. The van der Waals surface area contributed by atoms with Crippen LogP contribution in [0, 0.1) is 0 Å². The molecule has 0 fully saturated rings. The van der Waals surface area contributed by atoms with E-state index in [9.17, 15) is 13.2 Å². The van der Waals surface area contributed by atoms with E-state index in [1.54, 1.807) is 12.1 Å². The molecule has 118 valence electrons. The van der Waals surface area contributed by atoms with E-state index in [1.807, 2.05) is 43.3 Å². The number of halogens is 3. The average molecular weight is 316 g/mol. The third kappa shape index (κ3) is 2.86. The Morgan fingerprint density at radius 1 is 0.913 bits per heavy atom. The molecule has 0 unspecified atom stereocenters. The van der Waals surface area contributed by atoms with Crippen LogP contribution in [-0.2, 0) is 6.18 Å². The molecule has 0 aliphatic rings. The Morgan fingerprint density at radius 3 is 2.22 bits per heavy atom. The summed E-state index contributed by atoms with van der Waals surface area (Å²) in [4.78, 5) is 5.92. The lowest BCUT2D eigenvalue weighted by molar-refractivity contribution is -0.136. The lowest BCUT2D eigenvalue weighted by Crippen LogP contribution is -2.08. The molecule has 0 radical (unpaired) electrons. The molecule has 1 aromatic heterocycles. The molecule has 0 saturated carbocycles. The van der Waals surface area contributed by atoms with Crippen molar-refractivity contribution in [2.45, 2.75) is 6.18 Å². The van der Waals surface area contributed by atoms with Crippen LogP contribution >= 0.6 is 0 Å². The van der Waals surface area contributed by atoms with Gasteiger partial charge in [-0.2, -0.15) is 13.2 Å². The fourth-order valence-corrected chi connectivity index (χ4v) is 2.60. The van der Waals surface area contributed by atoms with E-state index in [-0.39, 0.29) is 5.52 Å². The van der Waals surface area contributed by atoms with Gasteiger partial charge in [-0.3, -0.25) is 4.98 Å². The molecule has 3 aromatic rings. The predicted molar refractivity (Wildman–Crippen MR) is 86.5 cm³/mol. The van der Waals surface area contributed by atoms with Gasteiger partial charge in [-0.25, -0.2) is 0 Å². The van der Waals surface area contributed by atoms with E-state index in [2.05, 4.69) is 4.98 Å². The summed E-state index contributed by atoms with van der Waals surface area (Å²) in [5.74, 6) is 0. The van der Waals surface area contributed by atoms with Gasteiger partial charge in [0, 0.05) is 31.4 Å². The molecular formula is C18H15F3N2. The van der Waals surface area contributed by atoms with E-state index < -0.39 is 11.7 Å². The Balaban J connectivity index is 2.19. The van der Waals surface area contributed by atoms with Gasteiger partial charge in [-0.05, 0) is 35.4 Å². The van der Waals surface area contributed by atoms with Crippen molar-refractivity contribution >= 4 is 16.6 Å². The molecule has 1 heterocycles. The van der Waals surface area contributed by atoms with Gasteiger partial charge in [0.05, 0.1) is 11.1 Å². The maximum atomic E-state index is 13.1. The van der Waals surface area contributed by atoms with Gasteiger partial charge < -0.3 is 4.90 Å². The van der Waals surface area contributed by atoms with Gasteiger partial charge >= 0.3 is 6.18 Å². The third-order valence-corrected chi connectivity index (χ3v) is 3.77. The second-order valence-corrected chi connectivity index (χ2v) is 5.50. The van der Waals surface area contributed by atoms with Crippen LogP contribution in [0.3, 0.4) is 0 Å². The van der Waals surface area contributed by atoms with Crippen molar-refractivity contribution in [2.75, 3.05) is 19.0 Å². The van der Waals surface area contributed by atoms with E-state index >= 15 is 0 Å². The number of para-hydroxylation sites is 1. The summed E-state index contributed by atoms with van der Waals surface area (Å²) in [6.45, 7) is 0. The number of benzene rings is 2. The Morgan fingerprint density at radius 2 is 1.61 bits per heavy atom. The van der Waals surface area contributed by atoms with Crippen molar-refractivity contribution < 1.29 is 13.2 Å². The average Bonchev–Trinajstić information content (AvgIpc) is 2.53. The first-order valence-electron chi connectivity index (χ1n) is 7.10. The van der Waals surface area contributed by atoms with E-state index in [4.69, 9.17) is 0 Å². The predicted octanol–water partition coefficient (Wildman–Crippen LogP) is 4.99. The topological polar surface area (TPSA) is 16.1 Å². The molecule has 0 atom stereocenters. The lowest BCUT2D eigenvalue weighted by Gasteiger charge is -2.14. The summed E-state index contributed by atoms with van der Waals surface area (Å²) in [6, 6.07) is 13.6. The molecule has 2 nitrogen and oxygen atoms in total. The van der Waals surface area contributed by atoms with Crippen molar-refractivity contribution in [2.24, 2.45) is 0 Å². The number of nitrogens with zero attached hydrogens (tertiary/aromatic N) is 2. The molecule has 0 aliphatic heterocycles. The van der Waals surface area contributed by atoms with Crippen LogP contribution in [-0.4, -0.2) is 19.1 Å². The molecule has 0 bridgehead atoms. The van der Waals surface area contributed by atoms with Crippen molar-refractivity contribution in [1.82, 2.24) is 4.98 Å². The largest absolute Gasteiger partial charge is 0.418 e. The van der Waals surface area contributed by atoms with Gasteiger partial charge in [0.15, 0.2) is 0 Å². The second-order valence-electron chi connectivity index (χ2n) is 5.50. The zero-order valence-electron chi connectivity index (χ0n) is 12.7. The smallest absolute Gasteiger partial charge is 0.378 e. The number of rotatable bonds is 2. The number of fused-ring (bicyclic) bond motifs is 1. The van der Waals surface area contributed by atoms with Crippen molar-refractivity contribution in [3.05, 3.63) is 60.3 Å². The van der Waals surface area contributed by atoms with Crippen LogP contribution in [0.1, 0.15) is 5.56 Å². The second kappa shape index (κ2) is 5.57. The Labute approximate surface area is 132 Å². The first-order chi connectivity index (χ1) is 10.9. The van der Waals surface area contributed by atoms with Gasteiger partial charge in [0.2, 0.25) is 0 Å². The minimum absolute atomic E-state index is 0.0193. The molecule has 0 aliphatic carbocycles. The van der Waals surface area contributed by atoms with E-state index in [0.717, 1.165) is 22.9 Å². The summed E-state index contributed by atoms with van der Waals surface area (Å²) >= 11 is 0. The van der Waals surface area contributed by atoms with Crippen molar-refractivity contribution in [3.8, 4) is 11.1 Å². The zero-order chi connectivity index (χ0) is 16.6. The molecule has 3 rings (SSSR count). The molecule has 23 heavy (non-hydrogen) atoms. The molecule has 0 spiro atoms. The first-order valence-corrected chi connectivity index (χ1v) is 7.10. The highest BCUT2D eigenvalue weighted by molar-refractivity contribution is 5.96. The van der Waals surface area contributed by atoms with E-state index in [0.29, 0.717) is 5.39 Å². The van der Waals surface area contributed by atoms with Gasteiger partial charge in [0.25, 0.3) is 0 Å². The van der Waals surface area contributed by atoms with Crippen LogP contribution < -0.4 is 4.90 Å². The highest BCUT2D eigenvalue weighted by atomic mass is 19.4. The van der Waals surface area contributed by atoms with Crippen LogP contribution in [0.4, 0.5) is 18.9 Å². The summed E-state index contributed by atoms with van der Waals surface area (Å²) in [6.07, 6.45) is -2.99. The summed E-state index contributed by atoms with van der Waals surface area (Å²) < 4.78 is 39.4. The number of pyridine rings is 1. The van der Waals surface area contributed by atoms with Crippen LogP contribution in [0.25, 0.3) is 22.0 Å². The third-order valence-electron chi connectivity index (χ3n) is 3.77. The number of hydrogen-bond donors (Lipinski definition) is 0. The zero-order valence-corrected chi connectivity index (χ0v) is 12.7. The molecule has 0 saturated heterocycles. The van der Waals surface area contributed by atoms with Crippen molar-refractivity contribution in [1.29, 1.82) is 0 Å². The maximum absolute atomic E-state index is 13.1. The number of anilines is 1. The van der Waals surface area contributed by atoms with Gasteiger partial charge in [0.1, 0.15) is 0 Å². The summed E-state index contributed by atoms with van der Waals surface area (Å²) in [5, 5.41) is 0.500. The standard InChI is InChI=1S/C18H15F3N2/c1-23(2)13-8-6-12(7-9-13)14-10-11-22-17-15(14)4-3-5-16(17)18(19,20)21/h3-11H,1-2H3. The minimum Gasteiger partial charge on any atom is -0.378 e. The van der Waals surface area contributed by atoms with Crippen LogP contribution in [0.15, 0.2) is 54.7 Å². The van der Waals surface area contributed by atoms with E-state index in [1.165, 1.54) is 12.3 Å². The van der Waals surface area contributed by atoms with Gasteiger partial charge in [-0.1, -0.05) is 24.3 Å². The minimum atomic E-state index is -4.42. The Kier molecular flexibility index (Phi) is 3.72. The summed E-state index contributed by atoms with van der Waals surface area (Å²) in [7, 11) is 3.87. The monoisotopic (exact) mass is 316 g/mol. The summed E-state index contributed by atoms with van der Waals surface area (Å²) in [5.41, 5.74) is 1.91.